The first-order valence-electron chi connectivity index (χ1n) is 9.27. The van der Waals surface area contributed by atoms with Crippen LogP contribution in [0.25, 0.3) is 0 Å². The van der Waals surface area contributed by atoms with Gasteiger partial charge in [-0.3, -0.25) is 0 Å². The lowest BCUT2D eigenvalue weighted by Crippen LogP contribution is -2.20. The second kappa shape index (κ2) is 8.92. The largest absolute Gasteiger partial charge is 0.479 e. The highest BCUT2D eigenvalue weighted by Gasteiger charge is 2.25. The predicted molar refractivity (Wildman–Crippen MR) is 103 cm³/mol. The summed E-state index contributed by atoms with van der Waals surface area (Å²) in [6, 6.07) is 17.6. The van der Waals surface area contributed by atoms with Crippen molar-refractivity contribution in [1.29, 1.82) is 0 Å². The minimum absolute atomic E-state index is 0.0521. The summed E-state index contributed by atoms with van der Waals surface area (Å²) < 4.78 is 49.4. The van der Waals surface area contributed by atoms with E-state index in [2.05, 4.69) is 0 Å². The fourth-order valence-corrected chi connectivity index (χ4v) is 3.06. The van der Waals surface area contributed by atoms with Gasteiger partial charge in [0.25, 0.3) is 0 Å². The van der Waals surface area contributed by atoms with Crippen molar-refractivity contribution in [1.82, 2.24) is 0 Å². The highest BCUT2D eigenvalue weighted by atomic mass is 19.1. The molecular formula is C23H18F2O5. The van der Waals surface area contributed by atoms with Gasteiger partial charge >= 0.3 is 5.97 Å². The molecule has 7 heteroatoms. The summed E-state index contributed by atoms with van der Waals surface area (Å²) in [7, 11) is 0. The summed E-state index contributed by atoms with van der Waals surface area (Å²) in [4.78, 5) is 12.0. The Labute approximate surface area is 171 Å². The van der Waals surface area contributed by atoms with Crippen molar-refractivity contribution in [3.8, 4) is 11.5 Å². The molecule has 1 heterocycles. The molecule has 3 aromatic carbocycles. The third-order valence-corrected chi connectivity index (χ3v) is 4.47. The number of hydrogen-bond acceptors (Lipinski definition) is 5. The number of esters is 1. The minimum atomic E-state index is -0.720. The molecule has 0 spiro atoms. The van der Waals surface area contributed by atoms with Gasteiger partial charge in [-0.25, -0.2) is 13.6 Å². The Kier molecular flexibility index (Phi) is 5.90. The van der Waals surface area contributed by atoms with E-state index in [0.29, 0.717) is 16.9 Å². The van der Waals surface area contributed by atoms with Crippen LogP contribution in [0.2, 0.25) is 0 Å². The molecule has 0 N–H and O–H groups in total. The highest BCUT2D eigenvalue weighted by Crippen LogP contribution is 2.36. The van der Waals surface area contributed by atoms with E-state index in [1.807, 2.05) is 30.3 Å². The van der Waals surface area contributed by atoms with Crippen LogP contribution in [0.1, 0.15) is 23.0 Å². The Bertz CT molecular complexity index is 1040. The summed E-state index contributed by atoms with van der Waals surface area (Å²) >= 11 is 0. The van der Waals surface area contributed by atoms with Gasteiger partial charge in [0.15, 0.2) is 18.2 Å². The molecule has 1 aliphatic rings. The molecular weight excluding hydrogens is 394 g/mol. The maximum absolute atomic E-state index is 14.0. The van der Waals surface area contributed by atoms with Gasteiger partial charge in [-0.05, 0) is 24.3 Å². The number of hydrogen-bond donors (Lipinski definition) is 0. The zero-order valence-electron chi connectivity index (χ0n) is 15.8. The number of rotatable bonds is 6. The minimum Gasteiger partial charge on any atom is -0.479 e. The lowest BCUT2D eigenvalue weighted by atomic mass is 10.1. The van der Waals surface area contributed by atoms with Crippen LogP contribution in [0.5, 0.6) is 11.5 Å². The monoisotopic (exact) mass is 412 g/mol. The van der Waals surface area contributed by atoms with Crippen LogP contribution >= 0.6 is 0 Å². The molecule has 0 saturated heterocycles. The van der Waals surface area contributed by atoms with Crippen LogP contribution in [0, 0.1) is 11.6 Å². The average molecular weight is 412 g/mol. The number of ether oxygens (including phenoxy) is 4. The number of para-hydroxylation sites is 1. The molecule has 0 aliphatic carbocycles. The summed E-state index contributed by atoms with van der Waals surface area (Å²) in [5.41, 5.74) is 1.71. The number of benzene rings is 3. The molecule has 0 bridgehead atoms. The molecule has 0 fully saturated rings. The summed E-state index contributed by atoms with van der Waals surface area (Å²) in [5.74, 6) is -1.43. The first-order valence-corrected chi connectivity index (χ1v) is 9.27. The second-order valence-electron chi connectivity index (χ2n) is 6.60. The molecule has 154 valence electrons. The molecule has 1 aliphatic heterocycles. The Morgan fingerprint density at radius 2 is 1.80 bits per heavy atom. The topological polar surface area (TPSA) is 54.0 Å². The highest BCUT2D eigenvalue weighted by molar-refractivity contribution is 5.71. The van der Waals surface area contributed by atoms with Gasteiger partial charge in [0.1, 0.15) is 18.2 Å². The quantitative estimate of drug-likeness (QED) is 0.550. The maximum Gasteiger partial charge on any atom is 0.344 e. The Hall–Kier alpha value is -3.45. The van der Waals surface area contributed by atoms with Gasteiger partial charge in [0.05, 0.1) is 6.61 Å². The predicted octanol–water partition coefficient (Wildman–Crippen LogP) is 4.69. The zero-order valence-corrected chi connectivity index (χ0v) is 15.8. The number of carbonyl (C=O) groups excluding carboxylic acids is 1. The Morgan fingerprint density at radius 3 is 2.60 bits per heavy atom. The van der Waals surface area contributed by atoms with E-state index >= 15 is 0 Å². The van der Waals surface area contributed by atoms with Crippen molar-refractivity contribution in [2.45, 2.75) is 19.5 Å². The SMILES string of the molecule is O=C(COc1ccccc1F)OCc1cc(F)cc2c1O[C@@H](c1ccccc1)OC2. The van der Waals surface area contributed by atoms with Crippen molar-refractivity contribution < 1.29 is 32.5 Å². The molecule has 30 heavy (non-hydrogen) atoms. The van der Waals surface area contributed by atoms with Crippen molar-refractivity contribution >= 4 is 5.97 Å². The number of fused-ring (bicyclic) bond motifs is 1. The standard InChI is InChI=1S/C23H18F2O5/c24-18-10-16(12-28-21(26)14-27-20-9-5-4-8-19(20)25)22-17(11-18)13-29-23(30-22)15-6-2-1-3-7-15/h1-11,23H,12-14H2/t23-/m0/s1. The first-order chi connectivity index (χ1) is 14.6. The van der Waals surface area contributed by atoms with Gasteiger partial charge in [0.2, 0.25) is 6.29 Å². The van der Waals surface area contributed by atoms with Crippen molar-refractivity contribution in [3.05, 3.63) is 95.1 Å². The van der Waals surface area contributed by atoms with Gasteiger partial charge < -0.3 is 18.9 Å². The average Bonchev–Trinajstić information content (AvgIpc) is 2.77. The Morgan fingerprint density at radius 1 is 1.03 bits per heavy atom. The van der Waals surface area contributed by atoms with Crippen LogP contribution < -0.4 is 9.47 Å². The molecule has 0 saturated carbocycles. The van der Waals surface area contributed by atoms with Crippen molar-refractivity contribution in [3.63, 3.8) is 0 Å². The third-order valence-electron chi connectivity index (χ3n) is 4.47. The molecule has 0 radical (unpaired) electrons. The van der Waals surface area contributed by atoms with Crippen LogP contribution in [0.15, 0.2) is 66.7 Å². The van der Waals surface area contributed by atoms with Crippen LogP contribution in [0.3, 0.4) is 0 Å². The van der Waals surface area contributed by atoms with E-state index < -0.39 is 30.5 Å². The number of carbonyl (C=O) groups is 1. The fraction of sp³-hybridized carbons (Fsp3) is 0.174. The van der Waals surface area contributed by atoms with E-state index in [1.54, 1.807) is 6.07 Å². The molecule has 5 nitrogen and oxygen atoms in total. The van der Waals surface area contributed by atoms with Crippen LogP contribution in [0.4, 0.5) is 8.78 Å². The molecule has 0 amide bonds. The summed E-state index contributed by atoms with van der Waals surface area (Å²) in [6.45, 7) is -0.542. The van der Waals surface area contributed by atoms with E-state index in [-0.39, 0.29) is 19.0 Å². The smallest absolute Gasteiger partial charge is 0.344 e. The molecule has 4 rings (SSSR count). The summed E-state index contributed by atoms with van der Waals surface area (Å²) in [6.07, 6.45) is -0.650. The van der Waals surface area contributed by atoms with Gasteiger partial charge in [-0.2, -0.15) is 0 Å². The van der Waals surface area contributed by atoms with E-state index in [0.717, 1.165) is 5.56 Å². The molecule has 1 atom stereocenters. The second-order valence-corrected chi connectivity index (χ2v) is 6.60. The van der Waals surface area contributed by atoms with Crippen molar-refractivity contribution in [2.24, 2.45) is 0 Å². The van der Waals surface area contributed by atoms with E-state index in [1.165, 1.54) is 30.3 Å². The van der Waals surface area contributed by atoms with E-state index in [9.17, 15) is 13.6 Å². The molecule has 3 aromatic rings. The van der Waals surface area contributed by atoms with Gasteiger partial charge in [-0.1, -0.05) is 42.5 Å². The third kappa shape index (κ3) is 4.58. The normalized spacial score (nSPS) is 15.1. The lowest BCUT2D eigenvalue weighted by molar-refractivity contribution is -0.147. The van der Waals surface area contributed by atoms with Crippen LogP contribution in [-0.4, -0.2) is 12.6 Å². The first kappa shape index (κ1) is 19.8. The molecule has 0 aromatic heterocycles. The zero-order chi connectivity index (χ0) is 20.9. The Balaban J connectivity index is 1.43. The van der Waals surface area contributed by atoms with Crippen LogP contribution in [-0.2, 0) is 27.5 Å². The maximum atomic E-state index is 14.0. The lowest BCUT2D eigenvalue weighted by Gasteiger charge is -2.28. The van der Waals surface area contributed by atoms with Crippen molar-refractivity contribution in [2.75, 3.05) is 6.61 Å². The number of halogens is 2. The van der Waals surface area contributed by atoms with Gasteiger partial charge in [0, 0.05) is 16.7 Å². The van der Waals surface area contributed by atoms with Gasteiger partial charge in [-0.15, -0.1) is 0 Å². The molecule has 0 unspecified atom stereocenters. The summed E-state index contributed by atoms with van der Waals surface area (Å²) in [5, 5.41) is 0. The fourth-order valence-electron chi connectivity index (χ4n) is 3.06. The van der Waals surface area contributed by atoms with E-state index in [4.69, 9.17) is 18.9 Å².